The van der Waals surface area contributed by atoms with Crippen molar-refractivity contribution in [1.29, 1.82) is 0 Å². The number of nitrogens with two attached hydrogens (primary N) is 1. The Labute approximate surface area is 139 Å². The fourth-order valence-corrected chi connectivity index (χ4v) is 2.99. The number of benzene rings is 1. The highest BCUT2D eigenvalue weighted by atomic mass is 35.5. The second kappa shape index (κ2) is 9.13. The van der Waals surface area contributed by atoms with E-state index < -0.39 is 0 Å². The molecule has 0 bridgehead atoms. The Kier molecular flexibility index (Phi) is 7.87. The zero-order chi connectivity index (χ0) is 15.2. The van der Waals surface area contributed by atoms with Gasteiger partial charge in [0.1, 0.15) is 0 Å². The van der Waals surface area contributed by atoms with Crippen molar-refractivity contribution in [2.24, 2.45) is 5.73 Å². The first kappa shape index (κ1) is 18.9. The lowest BCUT2D eigenvalue weighted by Crippen LogP contribution is -2.46. The minimum absolute atomic E-state index is 0. The van der Waals surface area contributed by atoms with Gasteiger partial charge in [0.15, 0.2) is 0 Å². The first-order valence-corrected chi connectivity index (χ1v) is 7.94. The number of amides is 1. The van der Waals surface area contributed by atoms with Crippen LogP contribution in [0, 0.1) is 0 Å². The van der Waals surface area contributed by atoms with Gasteiger partial charge in [0.2, 0.25) is 5.91 Å². The van der Waals surface area contributed by atoms with Crippen molar-refractivity contribution in [3.05, 3.63) is 35.9 Å². The quantitative estimate of drug-likeness (QED) is 0.844. The Hall–Kier alpha value is -1.10. The molecule has 1 heterocycles. The van der Waals surface area contributed by atoms with Crippen LogP contribution in [0.25, 0.3) is 0 Å². The van der Waals surface area contributed by atoms with Crippen LogP contribution in [-0.4, -0.2) is 35.5 Å². The number of nitrogens with one attached hydrogen (secondary N) is 1. The van der Waals surface area contributed by atoms with Crippen molar-refractivity contribution >= 4 is 18.3 Å². The van der Waals surface area contributed by atoms with E-state index in [4.69, 9.17) is 5.73 Å². The normalized spacial score (nSPS) is 22.9. The van der Waals surface area contributed by atoms with Gasteiger partial charge in [-0.25, -0.2) is 0 Å². The average molecular weight is 326 g/mol. The van der Waals surface area contributed by atoms with Crippen LogP contribution in [0.4, 0.5) is 0 Å². The largest absolute Gasteiger partial charge is 0.351 e. The molecular formula is C17H28ClN3O. The fraction of sp³-hybridized carbons (Fsp3) is 0.588. The lowest BCUT2D eigenvalue weighted by atomic mass is 10.1. The molecule has 1 aromatic rings. The molecule has 0 aromatic heterocycles. The third-order valence-corrected chi connectivity index (χ3v) is 4.22. The number of nitrogens with zero attached hydrogens (tertiary/aromatic N) is 1. The summed E-state index contributed by atoms with van der Waals surface area (Å²) in [6.45, 7) is 6.11. The molecule has 2 rings (SSSR count). The zero-order valence-electron chi connectivity index (χ0n) is 13.5. The molecule has 3 atom stereocenters. The minimum atomic E-state index is -0.367. The van der Waals surface area contributed by atoms with Gasteiger partial charge in [-0.15, -0.1) is 12.4 Å². The minimum Gasteiger partial charge on any atom is -0.351 e. The monoisotopic (exact) mass is 325 g/mol. The van der Waals surface area contributed by atoms with Crippen LogP contribution in [-0.2, 0) is 11.3 Å². The van der Waals surface area contributed by atoms with E-state index in [0.29, 0.717) is 6.04 Å². The highest BCUT2D eigenvalue weighted by molar-refractivity contribution is 5.85. The van der Waals surface area contributed by atoms with Gasteiger partial charge >= 0.3 is 0 Å². The maximum Gasteiger partial charge on any atom is 0.237 e. The molecule has 0 aliphatic carbocycles. The molecule has 1 fully saturated rings. The molecule has 0 spiro atoms. The van der Waals surface area contributed by atoms with E-state index in [2.05, 4.69) is 41.4 Å². The van der Waals surface area contributed by atoms with E-state index >= 15 is 0 Å². The van der Waals surface area contributed by atoms with Crippen molar-refractivity contribution in [2.45, 2.75) is 57.8 Å². The second-order valence-corrected chi connectivity index (χ2v) is 6.10. The maximum atomic E-state index is 12.0. The third kappa shape index (κ3) is 5.27. The number of hydrogen-bond acceptors (Lipinski definition) is 3. The van der Waals surface area contributed by atoms with Crippen molar-refractivity contribution in [3.8, 4) is 0 Å². The third-order valence-electron chi connectivity index (χ3n) is 4.22. The van der Waals surface area contributed by atoms with Crippen LogP contribution in [0.15, 0.2) is 30.3 Å². The Morgan fingerprint density at radius 1 is 1.41 bits per heavy atom. The molecule has 1 aromatic carbocycles. The van der Waals surface area contributed by atoms with Crippen LogP contribution in [0.1, 0.15) is 38.7 Å². The van der Waals surface area contributed by atoms with E-state index in [1.807, 2.05) is 13.0 Å². The first-order chi connectivity index (χ1) is 10.1. The summed E-state index contributed by atoms with van der Waals surface area (Å²) >= 11 is 0. The molecular weight excluding hydrogens is 298 g/mol. The number of hydrogen-bond donors (Lipinski definition) is 2. The number of likely N-dealkylation sites (tertiary alicyclic amines) is 1. The van der Waals surface area contributed by atoms with Crippen molar-refractivity contribution < 1.29 is 4.79 Å². The maximum absolute atomic E-state index is 12.0. The summed E-state index contributed by atoms with van der Waals surface area (Å²) in [6, 6.07) is 10.8. The van der Waals surface area contributed by atoms with Crippen LogP contribution in [0.3, 0.4) is 0 Å². The Balaban J connectivity index is 0.00000242. The van der Waals surface area contributed by atoms with Gasteiger partial charge in [-0.2, -0.15) is 0 Å². The molecule has 0 saturated carbocycles. The summed E-state index contributed by atoms with van der Waals surface area (Å²) < 4.78 is 0. The van der Waals surface area contributed by atoms with Gasteiger partial charge in [0.05, 0.1) is 6.04 Å². The highest BCUT2D eigenvalue weighted by Crippen LogP contribution is 2.20. The predicted octanol–water partition coefficient (Wildman–Crippen LogP) is 2.31. The van der Waals surface area contributed by atoms with Crippen LogP contribution >= 0.6 is 12.4 Å². The van der Waals surface area contributed by atoms with Crippen molar-refractivity contribution in [1.82, 2.24) is 10.2 Å². The van der Waals surface area contributed by atoms with E-state index in [1.165, 1.54) is 5.56 Å². The molecule has 1 saturated heterocycles. The topological polar surface area (TPSA) is 58.4 Å². The average Bonchev–Trinajstić information content (AvgIpc) is 2.80. The summed E-state index contributed by atoms with van der Waals surface area (Å²) in [5.74, 6) is -0.00406. The second-order valence-electron chi connectivity index (χ2n) is 6.10. The van der Waals surface area contributed by atoms with Gasteiger partial charge in [-0.1, -0.05) is 43.7 Å². The lowest BCUT2D eigenvalue weighted by molar-refractivity contribution is -0.123. The standard InChI is InChI=1S/C17H27N3O.ClH/c1-3-7-16(18)17(21)19-15-10-13(2)20(12-15)11-14-8-5-4-6-9-14;/h4-6,8-9,13,15-16H,3,7,10-12,18H2,1-2H3,(H,19,21);1H. The SMILES string of the molecule is CCCC(N)C(=O)NC1CC(C)N(Cc2ccccc2)C1.Cl. The summed E-state index contributed by atoms with van der Waals surface area (Å²) in [5, 5.41) is 3.10. The number of halogens is 1. The molecule has 3 unspecified atom stereocenters. The number of rotatable bonds is 6. The van der Waals surface area contributed by atoms with Gasteiger partial charge in [-0.05, 0) is 25.3 Å². The Morgan fingerprint density at radius 2 is 2.09 bits per heavy atom. The van der Waals surface area contributed by atoms with Gasteiger partial charge in [0.25, 0.3) is 0 Å². The van der Waals surface area contributed by atoms with Crippen LogP contribution in [0.5, 0.6) is 0 Å². The van der Waals surface area contributed by atoms with Gasteiger partial charge in [-0.3, -0.25) is 9.69 Å². The number of carbonyl (C=O) groups is 1. The lowest BCUT2D eigenvalue weighted by Gasteiger charge is -2.21. The van der Waals surface area contributed by atoms with E-state index in [1.54, 1.807) is 0 Å². The molecule has 4 nitrogen and oxygen atoms in total. The Bertz CT molecular complexity index is 454. The molecule has 1 amide bonds. The van der Waals surface area contributed by atoms with E-state index in [9.17, 15) is 4.79 Å². The molecule has 3 N–H and O–H groups in total. The first-order valence-electron chi connectivity index (χ1n) is 7.94. The summed E-state index contributed by atoms with van der Waals surface area (Å²) in [5.41, 5.74) is 7.19. The molecule has 124 valence electrons. The fourth-order valence-electron chi connectivity index (χ4n) is 2.99. The van der Waals surface area contributed by atoms with Crippen molar-refractivity contribution in [2.75, 3.05) is 6.54 Å². The smallest absolute Gasteiger partial charge is 0.237 e. The molecule has 22 heavy (non-hydrogen) atoms. The summed E-state index contributed by atoms with van der Waals surface area (Å²) in [6.07, 6.45) is 2.69. The van der Waals surface area contributed by atoms with E-state index in [-0.39, 0.29) is 30.4 Å². The molecule has 0 radical (unpaired) electrons. The van der Waals surface area contributed by atoms with Crippen LogP contribution in [0.2, 0.25) is 0 Å². The molecule has 1 aliphatic rings. The van der Waals surface area contributed by atoms with Gasteiger partial charge < -0.3 is 11.1 Å². The predicted molar refractivity (Wildman–Crippen MR) is 93.0 cm³/mol. The molecule has 1 aliphatic heterocycles. The highest BCUT2D eigenvalue weighted by Gasteiger charge is 2.30. The Morgan fingerprint density at radius 3 is 2.73 bits per heavy atom. The zero-order valence-corrected chi connectivity index (χ0v) is 14.3. The summed E-state index contributed by atoms with van der Waals surface area (Å²) in [7, 11) is 0. The van der Waals surface area contributed by atoms with E-state index in [0.717, 1.165) is 32.4 Å². The molecule has 5 heteroatoms. The van der Waals surface area contributed by atoms with Gasteiger partial charge in [0, 0.05) is 25.2 Å². The summed E-state index contributed by atoms with van der Waals surface area (Å²) in [4.78, 5) is 14.4. The van der Waals surface area contributed by atoms with Crippen LogP contribution < -0.4 is 11.1 Å². The number of carbonyl (C=O) groups excluding carboxylic acids is 1. The van der Waals surface area contributed by atoms with Crippen molar-refractivity contribution in [3.63, 3.8) is 0 Å².